The third kappa shape index (κ3) is 3.12. The number of rotatable bonds is 4. The lowest BCUT2D eigenvalue weighted by Crippen LogP contribution is -2.21. The fourth-order valence-corrected chi connectivity index (χ4v) is 3.01. The predicted molar refractivity (Wildman–Crippen MR) is 77.6 cm³/mol. The van der Waals surface area contributed by atoms with Crippen molar-refractivity contribution in [3.8, 4) is 0 Å². The first-order valence-corrected chi connectivity index (χ1v) is 7.30. The molecule has 0 aliphatic heterocycles. The Kier molecular flexibility index (Phi) is 4.16. The number of anilines is 1. The molecule has 2 N–H and O–H groups in total. The molecule has 0 saturated carbocycles. The minimum Gasteiger partial charge on any atom is -0.398 e. The van der Waals surface area contributed by atoms with Crippen LogP contribution >= 0.6 is 0 Å². The van der Waals surface area contributed by atoms with Gasteiger partial charge in [0.15, 0.2) is 0 Å². The molecule has 0 amide bonds. The number of hydrogen-bond acceptors (Lipinski definition) is 3. The van der Waals surface area contributed by atoms with Gasteiger partial charge in [0.2, 0.25) is 0 Å². The third-order valence-corrected chi connectivity index (χ3v) is 4.35. The number of aromatic nitrogens is 1. The van der Waals surface area contributed by atoms with Crippen molar-refractivity contribution in [1.82, 2.24) is 4.57 Å². The summed E-state index contributed by atoms with van der Waals surface area (Å²) in [5.41, 5.74) is 7.32. The largest absolute Gasteiger partial charge is 0.398 e. The van der Waals surface area contributed by atoms with Crippen molar-refractivity contribution in [2.24, 2.45) is 0 Å². The summed E-state index contributed by atoms with van der Waals surface area (Å²) in [4.78, 5) is 12.2. The summed E-state index contributed by atoms with van der Waals surface area (Å²) in [5.74, 6) is 0.373. The smallest absolute Gasteiger partial charge is 0.250 e. The number of hydrogen-bond donors (Lipinski definition) is 1. The van der Waals surface area contributed by atoms with Gasteiger partial charge in [0.1, 0.15) is 0 Å². The lowest BCUT2D eigenvalue weighted by molar-refractivity contribution is 0.669. The molecule has 100 valence electrons. The molecule has 19 heavy (non-hydrogen) atoms. The molecule has 0 spiro atoms. The van der Waals surface area contributed by atoms with E-state index in [-0.39, 0.29) is 5.56 Å². The van der Waals surface area contributed by atoms with Crippen molar-refractivity contribution in [2.45, 2.75) is 18.4 Å². The Morgan fingerprint density at radius 2 is 2.00 bits per heavy atom. The topological polar surface area (TPSA) is 65.1 Å². The van der Waals surface area contributed by atoms with Crippen LogP contribution in [0.25, 0.3) is 0 Å². The molecule has 0 bridgehead atoms. The summed E-state index contributed by atoms with van der Waals surface area (Å²) >= 11 is 0. The number of benzene rings is 1. The van der Waals surface area contributed by atoms with Crippen molar-refractivity contribution in [1.29, 1.82) is 0 Å². The van der Waals surface area contributed by atoms with E-state index in [0.29, 0.717) is 22.9 Å². The second kappa shape index (κ2) is 5.84. The maximum Gasteiger partial charge on any atom is 0.250 e. The monoisotopic (exact) mass is 276 g/mol. The van der Waals surface area contributed by atoms with Crippen LogP contribution in [-0.2, 0) is 17.3 Å². The Morgan fingerprint density at radius 1 is 1.21 bits per heavy atom. The van der Waals surface area contributed by atoms with Gasteiger partial charge in [0.05, 0.1) is 21.4 Å². The number of aryl methyl sites for hydroxylation is 2. The van der Waals surface area contributed by atoms with E-state index in [1.807, 2.05) is 19.1 Å². The Balaban J connectivity index is 2.12. The average Bonchev–Trinajstić information content (AvgIpc) is 2.40. The highest BCUT2D eigenvalue weighted by Gasteiger charge is 2.09. The van der Waals surface area contributed by atoms with Gasteiger partial charge in [-0.2, -0.15) is 0 Å². The molecule has 2 rings (SSSR count). The second-order valence-corrected chi connectivity index (χ2v) is 5.81. The van der Waals surface area contributed by atoms with Gasteiger partial charge >= 0.3 is 0 Å². The Labute approximate surface area is 114 Å². The van der Waals surface area contributed by atoms with Crippen molar-refractivity contribution in [3.05, 3.63) is 58.5 Å². The molecule has 2 aromatic rings. The Hall–Kier alpha value is -1.88. The van der Waals surface area contributed by atoms with Crippen LogP contribution in [-0.4, -0.2) is 14.5 Å². The van der Waals surface area contributed by atoms with Crippen LogP contribution < -0.4 is 11.3 Å². The van der Waals surface area contributed by atoms with Crippen LogP contribution in [0.1, 0.15) is 5.56 Å². The zero-order chi connectivity index (χ0) is 13.8. The van der Waals surface area contributed by atoms with Gasteiger partial charge in [-0.1, -0.05) is 18.2 Å². The highest BCUT2D eigenvalue weighted by molar-refractivity contribution is 7.85. The SMILES string of the molecule is Cc1cccc(S(=O)CCn2ccccc2=O)c1N. The highest BCUT2D eigenvalue weighted by Crippen LogP contribution is 2.20. The summed E-state index contributed by atoms with van der Waals surface area (Å²) in [6, 6.07) is 10.5. The molecule has 1 unspecified atom stereocenters. The first-order chi connectivity index (χ1) is 9.09. The maximum atomic E-state index is 12.2. The zero-order valence-electron chi connectivity index (χ0n) is 10.7. The van der Waals surface area contributed by atoms with Gasteiger partial charge in [-0.15, -0.1) is 0 Å². The van der Waals surface area contributed by atoms with Gasteiger partial charge < -0.3 is 10.3 Å². The van der Waals surface area contributed by atoms with Crippen LogP contribution in [0.3, 0.4) is 0 Å². The third-order valence-electron chi connectivity index (χ3n) is 2.95. The molecule has 1 aromatic carbocycles. The molecule has 1 heterocycles. The van der Waals surface area contributed by atoms with E-state index in [2.05, 4.69) is 0 Å². The van der Waals surface area contributed by atoms with Gasteiger partial charge in [0.25, 0.3) is 5.56 Å². The van der Waals surface area contributed by atoms with Gasteiger partial charge in [-0.05, 0) is 24.6 Å². The predicted octanol–water partition coefficient (Wildman–Crippen LogP) is 1.55. The van der Waals surface area contributed by atoms with E-state index in [4.69, 9.17) is 5.73 Å². The van der Waals surface area contributed by atoms with Crippen molar-refractivity contribution in [3.63, 3.8) is 0 Å². The van der Waals surface area contributed by atoms with E-state index >= 15 is 0 Å². The van der Waals surface area contributed by atoms with E-state index in [0.717, 1.165) is 5.56 Å². The van der Waals surface area contributed by atoms with Crippen LogP contribution in [0.2, 0.25) is 0 Å². The molecule has 1 aromatic heterocycles. The first kappa shape index (κ1) is 13.5. The number of para-hydroxylation sites is 1. The van der Waals surface area contributed by atoms with Gasteiger partial charge in [0, 0.05) is 24.6 Å². The molecular weight excluding hydrogens is 260 g/mol. The van der Waals surface area contributed by atoms with E-state index in [9.17, 15) is 9.00 Å². The first-order valence-electron chi connectivity index (χ1n) is 5.98. The highest BCUT2D eigenvalue weighted by atomic mass is 32.2. The van der Waals surface area contributed by atoms with Crippen LogP contribution in [0.4, 0.5) is 5.69 Å². The minimum atomic E-state index is -1.20. The normalized spacial score (nSPS) is 12.3. The fraction of sp³-hybridized carbons (Fsp3) is 0.214. The van der Waals surface area contributed by atoms with E-state index in [1.54, 1.807) is 29.0 Å². The lowest BCUT2D eigenvalue weighted by Gasteiger charge is -2.09. The van der Waals surface area contributed by atoms with Gasteiger partial charge in [-0.3, -0.25) is 9.00 Å². The number of nitrogens with two attached hydrogens (primary N) is 1. The summed E-state index contributed by atoms with van der Waals surface area (Å²) in [7, 11) is -1.20. The molecule has 1 atom stereocenters. The standard InChI is InChI=1S/C14H16N2O2S/c1-11-5-4-6-12(14(11)15)19(18)10-9-16-8-3-2-7-13(16)17/h2-8H,9-10,15H2,1H3. The average molecular weight is 276 g/mol. The summed E-state index contributed by atoms with van der Waals surface area (Å²) in [5, 5.41) is 0. The van der Waals surface area contributed by atoms with Crippen LogP contribution in [0.5, 0.6) is 0 Å². The Bertz CT molecular complexity index is 664. The summed E-state index contributed by atoms with van der Waals surface area (Å²) < 4.78 is 13.8. The number of nitrogen functional groups attached to an aromatic ring is 1. The fourth-order valence-electron chi connectivity index (χ4n) is 1.79. The quantitative estimate of drug-likeness (QED) is 0.862. The molecule has 4 nitrogen and oxygen atoms in total. The Morgan fingerprint density at radius 3 is 2.74 bits per heavy atom. The number of nitrogens with zero attached hydrogens (tertiary/aromatic N) is 1. The van der Waals surface area contributed by atoms with Crippen molar-refractivity contribution >= 4 is 16.5 Å². The van der Waals surface area contributed by atoms with Crippen molar-refractivity contribution < 1.29 is 4.21 Å². The van der Waals surface area contributed by atoms with Crippen LogP contribution in [0, 0.1) is 6.92 Å². The van der Waals surface area contributed by atoms with E-state index in [1.165, 1.54) is 6.07 Å². The maximum absolute atomic E-state index is 12.2. The zero-order valence-corrected chi connectivity index (χ0v) is 11.5. The van der Waals surface area contributed by atoms with E-state index < -0.39 is 10.8 Å². The molecule has 0 saturated heterocycles. The lowest BCUT2D eigenvalue weighted by atomic mass is 10.2. The molecule has 0 radical (unpaired) electrons. The van der Waals surface area contributed by atoms with Crippen molar-refractivity contribution in [2.75, 3.05) is 11.5 Å². The summed E-state index contributed by atoms with van der Waals surface area (Å²) in [6.45, 7) is 2.30. The molecule has 0 aliphatic rings. The molecular formula is C14H16N2O2S. The molecule has 0 aliphatic carbocycles. The van der Waals surface area contributed by atoms with Gasteiger partial charge in [-0.25, -0.2) is 0 Å². The second-order valence-electron chi connectivity index (χ2n) is 4.27. The molecule has 5 heteroatoms. The minimum absolute atomic E-state index is 0.0864. The summed E-state index contributed by atoms with van der Waals surface area (Å²) in [6.07, 6.45) is 1.69. The number of pyridine rings is 1. The molecule has 0 fully saturated rings. The van der Waals surface area contributed by atoms with Crippen LogP contribution in [0.15, 0.2) is 52.3 Å².